The van der Waals surface area contributed by atoms with Crippen LogP contribution in [0.3, 0.4) is 0 Å². The molecule has 0 aliphatic heterocycles. The number of hydrogen-bond donors (Lipinski definition) is 0. The Hall–Kier alpha value is 0.340. The van der Waals surface area contributed by atoms with Crippen LogP contribution in [0, 0.1) is 11.3 Å². The maximum absolute atomic E-state index is 12.5. The van der Waals surface area contributed by atoms with E-state index >= 15 is 0 Å². The maximum Gasteiger partial charge on any atom is 0.249 e. The topological polar surface area (TPSA) is 0 Å². The van der Waals surface area contributed by atoms with Gasteiger partial charge in [-0.25, -0.2) is 8.78 Å². The first kappa shape index (κ1) is 7.96. The van der Waals surface area contributed by atoms with Gasteiger partial charge in [0.25, 0.3) is 0 Å². The minimum absolute atomic E-state index is 0.0714. The van der Waals surface area contributed by atoms with Crippen LogP contribution < -0.4 is 0 Å². The van der Waals surface area contributed by atoms with Gasteiger partial charge >= 0.3 is 0 Å². The van der Waals surface area contributed by atoms with E-state index in [4.69, 9.17) is 0 Å². The lowest BCUT2D eigenvalue weighted by molar-refractivity contribution is -0.203. The number of halogens is 3. The van der Waals surface area contributed by atoms with E-state index in [9.17, 15) is 8.78 Å². The first-order valence-electron chi connectivity index (χ1n) is 3.99. The molecule has 0 saturated heterocycles. The summed E-state index contributed by atoms with van der Waals surface area (Å²) in [5.74, 6) is -1.65. The molecule has 1 spiro atoms. The van der Waals surface area contributed by atoms with Crippen molar-refractivity contribution in [1.29, 1.82) is 0 Å². The van der Waals surface area contributed by atoms with Gasteiger partial charge in [-0.05, 0) is 24.2 Å². The first-order valence-corrected chi connectivity index (χ1v) is 5.11. The lowest BCUT2D eigenvalue weighted by Crippen LogP contribution is -2.53. The van der Waals surface area contributed by atoms with E-state index in [-0.39, 0.29) is 18.3 Å². The van der Waals surface area contributed by atoms with Gasteiger partial charge in [-0.2, -0.15) is 0 Å². The lowest BCUT2D eigenvalue weighted by atomic mass is 9.51. The predicted molar refractivity (Wildman–Crippen MR) is 43.1 cm³/mol. The zero-order valence-electron chi connectivity index (χ0n) is 6.25. The van der Waals surface area contributed by atoms with Gasteiger partial charge in [0, 0.05) is 18.2 Å². The minimum Gasteiger partial charge on any atom is -0.207 e. The molecule has 0 atom stereocenters. The van der Waals surface area contributed by atoms with Crippen molar-refractivity contribution in [2.45, 2.75) is 31.6 Å². The molecule has 2 saturated carbocycles. The summed E-state index contributed by atoms with van der Waals surface area (Å²) in [6, 6.07) is 0. The van der Waals surface area contributed by atoms with Crippen LogP contribution >= 0.6 is 15.9 Å². The third-order valence-corrected chi connectivity index (χ3v) is 3.84. The van der Waals surface area contributed by atoms with Crippen molar-refractivity contribution in [2.24, 2.45) is 11.3 Å². The molecule has 2 aliphatic carbocycles. The summed E-state index contributed by atoms with van der Waals surface area (Å²) >= 11 is 3.37. The molecule has 0 aromatic carbocycles. The Labute approximate surface area is 73.5 Å². The fourth-order valence-electron chi connectivity index (χ4n) is 2.61. The zero-order chi connectivity index (χ0) is 8.11. The summed E-state index contributed by atoms with van der Waals surface area (Å²) in [5.41, 5.74) is 0.0714. The van der Waals surface area contributed by atoms with Crippen LogP contribution in [-0.4, -0.2) is 11.3 Å². The first-order chi connectivity index (χ1) is 5.05. The van der Waals surface area contributed by atoms with Gasteiger partial charge in [-0.3, -0.25) is 0 Å². The van der Waals surface area contributed by atoms with Crippen LogP contribution in [0.1, 0.15) is 25.7 Å². The van der Waals surface area contributed by atoms with Crippen molar-refractivity contribution in [3.63, 3.8) is 0 Å². The molecule has 3 heteroatoms. The monoisotopic (exact) mass is 224 g/mol. The SMILES string of the molecule is FC1(F)CC2(CC(CBr)C2)C1. The second-order valence-corrected chi connectivity index (χ2v) is 4.79. The second-order valence-electron chi connectivity index (χ2n) is 4.14. The van der Waals surface area contributed by atoms with Crippen molar-refractivity contribution < 1.29 is 8.78 Å². The molecule has 64 valence electrons. The summed E-state index contributed by atoms with van der Waals surface area (Å²) in [7, 11) is 0. The molecule has 0 unspecified atom stereocenters. The van der Waals surface area contributed by atoms with Crippen molar-refractivity contribution in [3.05, 3.63) is 0 Å². The Bertz CT molecular complexity index is 163. The van der Waals surface area contributed by atoms with Crippen LogP contribution in [-0.2, 0) is 0 Å². The molecular formula is C8H11BrF2. The Morgan fingerprint density at radius 2 is 1.82 bits per heavy atom. The molecule has 0 bridgehead atoms. The number of rotatable bonds is 1. The molecule has 0 radical (unpaired) electrons. The summed E-state index contributed by atoms with van der Waals surface area (Å²) in [4.78, 5) is 0. The Morgan fingerprint density at radius 3 is 2.18 bits per heavy atom. The van der Waals surface area contributed by atoms with Crippen molar-refractivity contribution >= 4 is 15.9 Å². The van der Waals surface area contributed by atoms with Gasteiger partial charge in [-0.15, -0.1) is 0 Å². The van der Waals surface area contributed by atoms with Gasteiger partial charge in [0.05, 0.1) is 0 Å². The average Bonchev–Trinajstić information content (AvgIpc) is 1.75. The van der Waals surface area contributed by atoms with E-state index in [1.807, 2.05) is 0 Å². The van der Waals surface area contributed by atoms with Crippen molar-refractivity contribution in [1.82, 2.24) is 0 Å². The van der Waals surface area contributed by atoms with E-state index in [2.05, 4.69) is 15.9 Å². The third kappa shape index (κ3) is 1.21. The molecule has 2 rings (SSSR count). The summed E-state index contributed by atoms with van der Waals surface area (Å²) in [6.45, 7) is 0. The molecule has 0 amide bonds. The quantitative estimate of drug-likeness (QED) is 0.601. The smallest absolute Gasteiger partial charge is 0.207 e. The molecule has 11 heavy (non-hydrogen) atoms. The predicted octanol–water partition coefficient (Wildman–Crippen LogP) is 3.21. The average molecular weight is 225 g/mol. The van der Waals surface area contributed by atoms with Crippen LogP contribution in [0.4, 0.5) is 8.78 Å². The molecule has 2 fully saturated rings. The highest BCUT2D eigenvalue weighted by molar-refractivity contribution is 9.09. The molecule has 0 N–H and O–H groups in total. The Kier molecular flexibility index (Phi) is 1.58. The molecule has 0 nitrogen and oxygen atoms in total. The fourth-order valence-corrected chi connectivity index (χ4v) is 3.07. The van der Waals surface area contributed by atoms with Crippen molar-refractivity contribution in [3.8, 4) is 0 Å². The lowest BCUT2D eigenvalue weighted by Gasteiger charge is -2.57. The van der Waals surface area contributed by atoms with Crippen LogP contribution in [0.2, 0.25) is 0 Å². The van der Waals surface area contributed by atoms with E-state index in [1.54, 1.807) is 0 Å². The highest BCUT2D eigenvalue weighted by Crippen LogP contribution is 2.64. The fraction of sp³-hybridized carbons (Fsp3) is 1.00. The maximum atomic E-state index is 12.5. The van der Waals surface area contributed by atoms with E-state index in [0.29, 0.717) is 5.92 Å². The van der Waals surface area contributed by atoms with Gasteiger partial charge in [0.1, 0.15) is 0 Å². The van der Waals surface area contributed by atoms with Gasteiger partial charge in [-0.1, -0.05) is 15.9 Å². The minimum atomic E-state index is -2.32. The third-order valence-electron chi connectivity index (χ3n) is 2.93. The Morgan fingerprint density at radius 1 is 1.27 bits per heavy atom. The highest BCUT2D eigenvalue weighted by atomic mass is 79.9. The molecule has 0 heterocycles. The van der Waals surface area contributed by atoms with E-state index < -0.39 is 5.92 Å². The highest BCUT2D eigenvalue weighted by Gasteiger charge is 2.61. The number of alkyl halides is 3. The second kappa shape index (κ2) is 2.18. The van der Waals surface area contributed by atoms with Gasteiger partial charge in [0.2, 0.25) is 5.92 Å². The van der Waals surface area contributed by atoms with Gasteiger partial charge in [0.15, 0.2) is 0 Å². The summed E-state index contributed by atoms with van der Waals surface area (Å²) in [5, 5.41) is 0.986. The largest absolute Gasteiger partial charge is 0.249 e. The normalized spacial score (nSPS) is 33.0. The zero-order valence-corrected chi connectivity index (χ0v) is 7.83. The molecule has 0 aromatic heterocycles. The standard InChI is InChI=1S/C8H11BrF2/c9-3-6-1-7(2-6)4-8(10,11)5-7/h6H,1-5H2. The number of hydrogen-bond acceptors (Lipinski definition) is 0. The van der Waals surface area contributed by atoms with E-state index in [0.717, 1.165) is 18.2 Å². The van der Waals surface area contributed by atoms with Crippen LogP contribution in [0.15, 0.2) is 0 Å². The van der Waals surface area contributed by atoms with Crippen LogP contribution in [0.5, 0.6) is 0 Å². The summed E-state index contributed by atoms with van der Waals surface area (Å²) < 4.78 is 24.9. The van der Waals surface area contributed by atoms with Crippen molar-refractivity contribution in [2.75, 3.05) is 5.33 Å². The van der Waals surface area contributed by atoms with Crippen LogP contribution in [0.25, 0.3) is 0 Å². The van der Waals surface area contributed by atoms with E-state index in [1.165, 1.54) is 0 Å². The summed E-state index contributed by atoms with van der Waals surface area (Å²) in [6.07, 6.45) is 2.36. The molecular weight excluding hydrogens is 214 g/mol. The Balaban J connectivity index is 1.83. The molecule has 0 aromatic rings. The van der Waals surface area contributed by atoms with Gasteiger partial charge < -0.3 is 0 Å². The molecule has 2 aliphatic rings.